The quantitative estimate of drug-likeness (QED) is 0.620. The van der Waals surface area contributed by atoms with E-state index in [1.54, 1.807) is 6.07 Å². The molecule has 2 heterocycles. The van der Waals surface area contributed by atoms with Gasteiger partial charge in [-0.2, -0.15) is 0 Å². The number of nitrogens with zero attached hydrogens (tertiary/aromatic N) is 3. The highest BCUT2D eigenvalue weighted by atomic mass is 32.2. The standard InChI is InChI=1S/C17H18N4O2S2/c1-3-6-15-19-20-17(25-15)18-16(22)13-7-4-5-8-14(13)24-10-12-9-11(2)21-23-12/h4-5,7-9H,3,6,10H2,1-2H3,(H,18,20,22). The van der Waals surface area contributed by atoms with Crippen molar-refractivity contribution in [2.75, 3.05) is 5.32 Å². The lowest BCUT2D eigenvalue weighted by molar-refractivity contribution is 0.102. The third kappa shape index (κ3) is 4.67. The smallest absolute Gasteiger partial charge is 0.258 e. The summed E-state index contributed by atoms with van der Waals surface area (Å²) < 4.78 is 5.22. The molecule has 0 saturated heterocycles. The van der Waals surface area contributed by atoms with Gasteiger partial charge in [0, 0.05) is 17.4 Å². The maximum absolute atomic E-state index is 12.6. The van der Waals surface area contributed by atoms with E-state index in [2.05, 4.69) is 27.6 Å². The van der Waals surface area contributed by atoms with Gasteiger partial charge in [-0.3, -0.25) is 10.1 Å². The fraction of sp³-hybridized carbons (Fsp3) is 0.294. The molecule has 6 nitrogen and oxygen atoms in total. The summed E-state index contributed by atoms with van der Waals surface area (Å²) in [6.07, 6.45) is 1.87. The molecule has 0 radical (unpaired) electrons. The number of hydrogen-bond donors (Lipinski definition) is 1. The Kier molecular flexibility index (Phi) is 5.83. The van der Waals surface area contributed by atoms with Crippen LogP contribution in [0.1, 0.15) is 40.2 Å². The minimum Gasteiger partial charge on any atom is -0.360 e. The van der Waals surface area contributed by atoms with Gasteiger partial charge in [-0.05, 0) is 25.5 Å². The van der Waals surface area contributed by atoms with E-state index in [1.165, 1.54) is 23.1 Å². The van der Waals surface area contributed by atoms with Crippen molar-refractivity contribution >= 4 is 34.1 Å². The molecule has 0 unspecified atom stereocenters. The maximum Gasteiger partial charge on any atom is 0.258 e. The highest BCUT2D eigenvalue weighted by molar-refractivity contribution is 7.98. The number of carbonyl (C=O) groups excluding carboxylic acids is 1. The minimum absolute atomic E-state index is 0.184. The number of nitrogens with one attached hydrogen (secondary N) is 1. The largest absolute Gasteiger partial charge is 0.360 e. The van der Waals surface area contributed by atoms with Crippen LogP contribution in [0.4, 0.5) is 5.13 Å². The van der Waals surface area contributed by atoms with Gasteiger partial charge in [-0.1, -0.05) is 35.5 Å². The molecule has 2 aromatic heterocycles. The number of amides is 1. The molecule has 0 saturated carbocycles. The third-order valence-electron chi connectivity index (χ3n) is 3.33. The average molecular weight is 374 g/mol. The molecule has 8 heteroatoms. The van der Waals surface area contributed by atoms with E-state index in [0.29, 0.717) is 16.4 Å². The molecular formula is C17H18N4O2S2. The monoisotopic (exact) mass is 374 g/mol. The summed E-state index contributed by atoms with van der Waals surface area (Å²) in [4.78, 5) is 13.5. The van der Waals surface area contributed by atoms with Crippen molar-refractivity contribution in [3.63, 3.8) is 0 Å². The summed E-state index contributed by atoms with van der Waals surface area (Å²) in [7, 11) is 0. The molecule has 0 aliphatic rings. The zero-order chi connectivity index (χ0) is 17.6. The van der Waals surface area contributed by atoms with Crippen molar-refractivity contribution in [3.8, 4) is 0 Å². The first kappa shape index (κ1) is 17.6. The van der Waals surface area contributed by atoms with Gasteiger partial charge in [0.25, 0.3) is 5.91 Å². The second-order valence-electron chi connectivity index (χ2n) is 5.42. The van der Waals surface area contributed by atoms with Gasteiger partial charge < -0.3 is 4.52 Å². The van der Waals surface area contributed by atoms with E-state index in [-0.39, 0.29) is 5.91 Å². The Bertz CT molecular complexity index is 860. The summed E-state index contributed by atoms with van der Waals surface area (Å²) in [5, 5.41) is 16.3. The zero-order valence-corrected chi connectivity index (χ0v) is 15.6. The van der Waals surface area contributed by atoms with E-state index >= 15 is 0 Å². The summed E-state index contributed by atoms with van der Waals surface area (Å²) >= 11 is 2.95. The summed E-state index contributed by atoms with van der Waals surface area (Å²) in [6.45, 7) is 3.97. The molecule has 3 aromatic rings. The van der Waals surface area contributed by atoms with Crippen LogP contribution < -0.4 is 5.32 Å². The number of anilines is 1. The molecule has 0 aliphatic heterocycles. The summed E-state index contributed by atoms with van der Waals surface area (Å²) in [6, 6.07) is 9.38. The van der Waals surface area contributed by atoms with Crippen molar-refractivity contribution in [3.05, 3.63) is 52.4 Å². The Hall–Kier alpha value is -2.19. The second-order valence-corrected chi connectivity index (χ2v) is 7.50. The molecule has 1 amide bonds. The Balaban J connectivity index is 1.69. The lowest BCUT2D eigenvalue weighted by atomic mass is 10.2. The van der Waals surface area contributed by atoms with Crippen molar-refractivity contribution < 1.29 is 9.32 Å². The highest BCUT2D eigenvalue weighted by Crippen LogP contribution is 2.27. The predicted octanol–water partition coefficient (Wildman–Crippen LogP) is 4.33. The van der Waals surface area contributed by atoms with Gasteiger partial charge in [-0.15, -0.1) is 22.0 Å². The Morgan fingerprint density at radius 3 is 2.92 bits per heavy atom. The molecule has 3 rings (SSSR count). The number of thioether (sulfide) groups is 1. The van der Waals surface area contributed by atoms with Crippen molar-refractivity contribution in [1.29, 1.82) is 0 Å². The molecular weight excluding hydrogens is 356 g/mol. The van der Waals surface area contributed by atoms with Crippen molar-refractivity contribution in [1.82, 2.24) is 15.4 Å². The number of aromatic nitrogens is 3. The van der Waals surface area contributed by atoms with Crippen LogP contribution in [0.5, 0.6) is 0 Å². The van der Waals surface area contributed by atoms with Gasteiger partial charge in [-0.25, -0.2) is 0 Å². The minimum atomic E-state index is -0.184. The van der Waals surface area contributed by atoms with Gasteiger partial charge in [0.2, 0.25) is 5.13 Å². The number of benzene rings is 1. The van der Waals surface area contributed by atoms with E-state index in [0.717, 1.165) is 34.2 Å². The Morgan fingerprint density at radius 2 is 2.16 bits per heavy atom. The first-order valence-electron chi connectivity index (χ1n) is 7.93. The van der Waals surface area contributed by atoms with Gasteiger partial charge >= 0.3 is 0 Å². The lowest BCUT2D eigenvalue weighted by Gasteiger charge is -2.07. The molecule has 25 heavy (non-hydrogen) atoms. The lowest BCUT2D eigenvalue weighted by Crippen LogP contribution is -2.12. The third-order valence-corrected chi connectivity index (χ3v) is 5.32. The summed E-state index contributed by atoms with van der Waals surface area (Å²) in [5.41, 5.74) is 1.46. The van der Waals surface area contributed by atoms with Gasteiger partial charge in [0.1, 0.15) is 10.8 Å². The van der Waals surface area contributed by atoms with Crippen LogP contribution in [-0.4, -0.2) is 21.3 Å². The number of aryl methyl sites for hydroxylation is 2. The normalized spacial score (nSPS) is 10.8. The Labute approximate surface area is 154 Å². The number of hydrogen-bond acceptors (Lipinski definition) is 7. The van der Waals surface area contributed by atoms with Gasteiger partial charge in [0.15, 0.2) is 0 Å². The van der Waals surface area contributed by atoms with Crippen LogP contribution in [0.15, 0.2) is 39.8 Å². The van der Waals surface area contributed by atoms with Crippen LogP contribution in [0.25, 0.3) is 0 Å². The molecule has 0 aliphatic carbocycles. The van der Waals surface area contributed by atoms with E-state index < -0.39 is 0 Å². The Morgan fingerprint density at radius 1 is 1.32 bits per heavy atom. The van der Waals surface area contributed by atoms with E-state index in [9.17, 15) is 4.79 Å². The molecule has 0 spiro atoms. The fourth-order valence-electron chi connectivity index (χ4n) is 2.20. The molecule has 0 atom stereocenters. The summed E-state index contributed by atoms with van der Waals surface area (Å²) in [5.74, 6) is 1.21. The zero-order valence-electron chi connectivity index (χ0n) is 14.0. The molecule has 130 valence electrons. The van der Waals surface area contributed by atoms with Crippen LogP contribution in [0.2, 0.25) is 0 Å². The predicted molar refractivity (Wildman–Crippen MR) is 99.1 cm³/mol. The molecule has 1 N–H and O–H groups in total. The van der Waals surface area contributed by atoms with Crippen LogP contribution in [0, 0.1) is 6.92 Å². The van der Waals surface area contributed by atoms with Crippen LogP contribution in [0.3, 0.4) is 0 Å². The van der Waals surface area contributed by atoms with Crippen molar-refractivity contribution in [2.24, 2.45) is 0 Å². The second kappa shape index (κ2) is 8.26. The SMILES string of the molecule is CCCc1nnc(NC(=O)c2ccccc2SCc2cc(C)no2)s1. The molecule has 0 fully saturated rings. The molecule has 1 aromatic carbocycles. The first-order chi connectivity index (χ1) is 12.2. The number of carbonyl (C=O) groups is 1. The molecule has 0 bridgehead atoms. The maximum atomic E-state index is 12.6. The topological polar surface area (TPSA) is 80.9 Å². The number of rotatable bonds is 7. The average Bonchev–Trinajstić information content (AvgIpc) is 3.22. The van der Waals surface area contributed by atoms with Crippen molar-refractivity contribution in [2.45, 2.75) is 37.3 Å². The fourth-order valence-corrected chi connectivity index (χ4v) is 3.96. The van der Waals surface area contributed by atoms with Gasteiger partial charge in [0.05, 0.1) is 17.0 Å². The van der Waals surface area contributed by atoms with Crippen LogP contribution in [-0.2, 0) is 12.2 Å². The van der Waals surface area contributed by atoms with E-state index in [1.807, 2.05) is 31.2 Å². The van der Waals surface area contributed by atoms with Crippen LogP contribution >= 0.6 is 23.1 Å². The highest BCUT2D eigenvalue weighted by Gasteiger charge is 2.14. The first-order valence-corrected chi connectivity index (χ1v) is 9.73. The van der Waals surface area contributed by atoms with E-state index in [4.69, 9.17) is 4.52 Å².